The number of hydrogen-bond acceptors (Lipinski definition) is 4. The van der Waals surface area contributed by atoms with Crippen LogP contribution >= 0.6 is 12.4 Å². The standard InChI is InChI=1S/C22H24N4O3.ClH/c23-10-18-13-25(14-19(18)16-6-2-1-3-7-16)21(28)17-8-4-5-15(9-17)12-26-20(27)11-24-22(26)29;/h1-9,18-19H,10-14,23H2,(H,24,29);1H/t18-,19+;/m1./s1. The van der Waals surface area contributed by atoms with Gasteiger partial charge in [-0.15, -0.1) is 12.4 Å². The Kier molecular flexibility index (Phi) is 6.74. The lowest BCUT2D eigenvalue weighted by atomic mass is 9.89. The predicted molar refractivity (Wildman–Crippen MR) is 115 cm³/mol. The zero-order valence-electron chi connectivity index (χ0n) is 16.5. The van der Waals surface area contributed by atoms with Crippen LogP contribution in [0.4, 0.5) is 4.79 Å². The van der Waals surface area contributed by atoms with Gasteiger partial charge in [0.05, 0.1) is 13.1 Å². The molecule has 2 heterocycles. The summed E-state index contributed by atoms with van der Waals surface area (Å²) in [5.41, 5.74) is 8.49. The maximum absolute atomic E-state index is 13.1. The van der Waals surface area contributed by atoms with Crippen molar-refractivity contribution in [2.24, 2.45) is 11.7 Å². The fourth-order valence-electron chi connectivity index (χ4n) is 4.14. The van der Waals surface area contributed by atoms with E-state index in [1.54, 1.807) is 18.2 Å². The molecular formula is C22H25ClN4O3. The number of hydrogen-bond donors (Lipinski definition) is 2. The maximum Gasteiger partial charge on any atom is 0.324 e. The molecule has 0 aliphatic carbocycles. The highest BCUT2D eigenvalue weighted by atomic mass is 35.5. The van der Waals surface area contributed by atoms with Crippen LogP contribution in [0.2, 0.25) is 0 Å². The number of halogens is 1. The first kappa shape index (κ1) is 21.8. The van der Waals surface area contributed by atoms with E-state index in [0.717, 1.165) is 10.5 Å². The van der Waals surface area contributed by atoms with Gasteiger partial charge >= 0.3 is 6.03 Å². The topological polar surface area (TPSA) is 95.7 Å². The van der Waals surface area contributed by atoms with Crippen LogP contribution in [0, 0.1) is 5.92 Å². The highest BCUT2D eigenvalue weighted by Gasteiger charge is 2.35. The van der Waals surface area contributed by atoms with Crippen molar-refractivity contribution in [3.05, 3.63) is 71.3 Å². The molecule has 2 atom stereocenters. The van der Waals surface area contributed by atoms with Gasteiger partial charge in [0.1, 0.15) is 0 Å². The molecule has 2 aromatic rings. The number of carbonyl (C=O) groups is 3. The van der Waals surface area contributed by atoms with Crippen molar-refractivity contribution in [2.75, 3.05) is 26.2 Å². The Bertz CT molecular complexity index is 921. The van der Waals surface area contributed by atoms with E-state index >= 15 is 0 Å². The van der Waals surface area contributed by atoms with Gasteiger partial charge < -0.3 is 16.0 Å². The molecule has 0 spiro atoms. The van der Waals surface area contributed by atoms with Gasteiger partial charge in [0.15, 0.2) is 0 Å². The summed E-state index contributed by atoms with van der Waals surface area (Å²) in [7, 11) is 0. The van der Waals surface area contributed by atoms with Gasteiger partial charge in [-0.05, 0) is 35.7 Å². The molecule has 0 bridgehead atoms. The summed E-state index contributed by atoms with van der Waals surface area (Å²) in [4.78, 5) is 39.7. The second-order valence-electron chi connectivity index (χ2n) is 7.56. The Labute approximate surface area is 181 Å². The fraction of sp³-hybridized carbons (Fsp3) is 0.318. The molecule has 0 saturated carbocycles. The number of nitrogens with zero attached hydrogens (tertiary/aromatic N) is 2. The maximum atomic E-state index is 13.1. The van der Waals surface area contributed by atoms with Gasteiger partial charge in [-0.3, -0.25) is 14.5 Å². The summed E-state index contributed by atoms with van der Waals surface area (Å²) in [6.07, 6.45) is 0. The zero-order chi connectivity index (χ0) is 20.4. The number of carbonyl (C=O) groups excluding carboxylic acids is 3. The van der Waals surface area contributed by atoms with Crippen molar-refractivity contribution in [3.8, 4) is 0 Å². The first-order chi connectivity index (χ1) is 14.1. The van der Waals surface area contributed by atoms with Crippen LogP contribution < -0.4 is 11.1 Å². The summed E-state index contributed by atoms with van der Waals surface area (Å²) in [6.45, 7) is 1.94. The minimum atomic E-state index is -0.400. The SMILES string of the molecule is Cl.NC[C@@H]1CN(C(=O)c2cccc(CN3C(=O)CNC3=O)c2)C[C@H]1c1ccccc1. The Morgan fingerprint density at radius 3 is 2.50 bits per heavy atom. The third-order valence-corrected chi connectivity index (χ3v) is 5.71. The smallest absolute Gasteiger partial charge is 0.324 e. The highest BCUT2D eigenvalue weighted by molar-refractivity contribution is 6.02. The van der Waals surface area contributed by atoms with Crippen LogP contribution in [0.5, 0.6) is 0 Å². The van der Waals surface area contributed by atoms with E-state index in [2.05, 4.69) is 17.4 Å². The van der Waals surface area contributed by atoms with Crippen LogP contribution in [-0.4, -0.2) is 53.8 Å². The Morgan fingerprint density at radius 2 is 1.83 bits per heavy atom. The van der Waals surface area contributed by atoms with E-state index in [0.29, 0.717) is 25.2 Å². The lowest BCUT2D eigenvalue weighted by molar-refractivity contribution is -0.125. The molecule has 4 rings (SSSR count). The molecule has 2 aliphatic heterocycles. The molecule has 8 heteroatoms. The number of benzene rings is 2. The number of urea groups is 1. The number of rotatable bonds is 5. The van der Waals surface area contributed by atoms with E-state index in [9.17, 15) is 14.4 Å². The molecule has 0 radical (unpaired) electrons. The third-order valence-electron chi connectivity index (χ3n) is 5.71. The van der Waals surface area contributed by atoms with Crippen molar-refractivity contribution >= 4 is 30.3 Å². The molecular weight excluding hydrogens is 404 g/mol. The number of nitrogens with one attached hydrogen (secondary N) is 1. The molecule has 2 aliphatic rings. The van der Waals surface area contributed by atoms with Crippen molar-refractivity contribution in [2.45, 2.75) is 12.5 Å². The van der Waals surface area contributed by atoms with Crippen LogP contribution in [0.25, 0.3) is 0 Å². The summed E-state index contributed by atoms with van der Waals surface area (Å²) < 4.78 is 0. The number of amides is 4. The second kappa shape index (κ2) is 9.28. The second-order valence-corrected chi connectivity index (χ2v) is 7.56. The lowest BCUT2D eigenvalue weighted by Gasteiger charge is -2.18. The van der Waals surface area contributed by atoms with Gasteiger partial charge in [-0.25, -0.2) is 4.79 Å². The number of likely N-dealkylation sites (tertiary alicyclic amines) is 1. The van der Waals surface area contributed by atoms with E-state index in [-0.39, 0.29) is 49.1 Å². The third kappa shape index (κ3) is 4.32. The zero-order valence-corrected chi connectivity index (χ0v) is 17.3. The molecule has 0 unspecified atom stereocenters. The first-order valence-electron chi connectivity index (χ1n) is 9.78. The summed E-state index contributed by atoms with van der Waals surface area (Å²) in [5, 5.41) is 2.50. The van der Waals surface area contributed by atoms with E-state index in [4.69, 9.17) is 5.73 Å². The first-order valence-corrected chi connectivity index (χ1v) is 9.78. The van der Waals surface area contributed by atoms with Gasteiger partial charge in [-0.1, -0.05) is 42.5 Å². The van der Waals surface area contributed by atoms with Crippen molar-refractivity contribution < 1.29 is 14.4 Å². The largest absolute Gasteiger partial charge is 0.338 e. The van der Waals surface area contributed by atoms with Crippen LogP contribution in [0.1, 0.15) is 27.4 Å². The number of nitrogens with two attached hydrogens (primary N) is 1. The molecule has 4 amide bonds. The molecule has 2 saturated heterocycles. The van der Waals surface area contributed by atoms with Crippen molar-refractivity contribution in [3.63, 3.8) is 0 Å². The van der Waals surface area contributed by atoms with Crippen LogP contribution in [0.15, 0.2) is 54.6 Å². The van der Waals surface area contributed by atoms with Gasteiger partial charge in [0, 0.05) is 24.6 Å². The summed E-state index contributed by atoms with van der Waals surface area (Å²) in [6, 6.07) is 16.9. The molecule has 30 heavy (non-hydrogen) atoms. The fourth-order valence-corrected chi connectivity index (χ4v) is 4.14. The molecule has 3 N–H and O–H groups in total. The summed E-state index contributed by atoms with van der Waals surface area (Å²) >= 11 is 0. The molecule has 7 nitrogen and oxygen atoms in total. The monoisotopic (exact) mass is 428 g/mol. The Hall–Kier alpha value is -2.90. The highest BCUT2D eigenvalue weighted by Crippen LogP contribution is 2.32. The van der Waals surface area contributed by atoms with Crippen LogP contribution in [0.3, 0.4) is 0 Å². The Morgan fingerprint density at radius 1 is 1.07 bits per heavy atom. The Balaban J connectivity index is 0.00000256. The predicted octanol–water partition coefficient (Wildman–Crippen LogP) is 1.97. The molecule has 158 valence electrons. The van der Waals surface area contributed by atoms with Gasteiger partial charge in [0.2, 0.25) is 5.91 Å². The molecule has 2 fully saturated rings. The minimum absolute atomic E-state index is 0. The molecule has 2 aromatic carbocycles. The normalized spacial score (nSPS) is 20.8. The minimum Gasteiger partial charge on any atom is -0.338 e. The van der Waals surface area contributed by atoms with E-state index in [1.807, 2.05) is 29.2 Å². The number of imide groups is 1. The van der Waals surface area contributed by atoms with Crippen LogP contribution in [-0.2, 0) is 11.3 Å². The van der Waals surface area contributed by atoms with E-state index < -0.39 is 6.03 Å². The quantitative estimate of drug-likeness (QED) is 0.712. The van der Waals surface area contributed by atoms with Gasteiger partial charge in [0.25, 0.3) is 5.91 Å². The van der Waals surface area contributed by atoms with Gasteiger partial charge in [-0.2, -0.15) is 0 Å². The lowest BCUT2D eigenvalue weighted by Crippen LogP contribution is -2.31. The molecule has 0 aromatic heterocycles. The average Bonchev–Trinajstić information content (AvgIpc) is 3.33. The van der Waals surface area contributed by atoms with Crippen molar-refractivity contribution in [1.82, 2.24) is 15.1 Å². The van der Waals surface area contributed by atoms with Crippen molar-refractivity contribution in [1.29, 1.82) is 0 Å². The summed E-state index contributed by atoms with van der Waals surface area (Å²) in [5.74, 6) is 0.124. The average molecular weight is 429 g/mol. The van der Waals surface area contributed by atoms with E-state index in [1.165, 1.54) is 5.56 Å².